The Morgan fingerprint density at radius 1 is 1.38 bits per heavy atom. The second kappa shape index (κ2) is 4.56. The predicted molar refractivity (Wildman–Crippen MR) is 57.7 cm³/mol. The first-order valence-electron chi connectivity index (χ1n) is 4.90. The summed E-state index contributed by atoms with van der Waals surface area (Å²) in [6.07, 6.45) is 3.41. The smallest absolute Gasteiger partial charge is 0.323 e. The van der Waals surface area contributed by atoms with E-state index in [1.54, 1.807) is 30.2 Å². The number of ether oxygens (including phenoxy) is 1. The Kier molecular flexibility index (Phi) is 2.95. The van der Waals surface area contributed by atoms with Gasteiger partial charge in [0.2, 0.25) is 5.95 Å². The van der Waals surface area contributed by atoms with Gasteiger partial charge >= 0.3 is 6.01 Å². The van der Waals surface area contributed by atoms with Gasteiger partial charge in [-0.05, 0) is 13.0 Å². The molecule has 7 nitrogen and oxygen atoms in total. The third-order valence-corrected chi connectivity index (χ3v) is 1.81. The number of aromatic nitrogens is 5. The van der Waals surface area contributed by atoms with Gasteiger partial charge in [0.15, 0.2) is 0 Å². The molecule has 1 N–H and O–H groups in total. The molecule has 0 aliphatic heterocycles. The molecule has 0 amide bonds. The van der Waals surface area contributed by atoms with Crippen LogP contribution in [0.15, 0.2) is 18.5 Å². The van der Waals surface area contributed by atoms with Gasteiger partial charge in [-0.15, -0.1) is 0 Å². The molecule has 0 unspecified atom stereocenters. The van der Waals surface area contributed by atoms with Crippen molar-refractivity contribution in [3.05, 3.63) is 18.5 Å². The number of hydrogen-bond acceptors (Lipinski definition) is 6. The molecular formula is C9H12N6O. The molecule has 84 valence electrons. The van der Waals surface area contributed by atoms with Gasteiger partial charge in [0.05, 0.1) is 6.61 Å². The molecule has 0 spiro atoms. The van der Waals surface area contributed by atoms with Crippen molar-refractivity contribution in [2.45, 2.75) is 6.92 Å². The summed E-state index contributed by atoms with van der Waals surface area (Å²) in [7, 11) is 1.73. The molecule has 16 heavy (non-hydrogen) atoms. The molecule has 2 rings (SSSR count). The van der Waals surface area contributed by atoms with E-state index in [1.165, 1.54) is 0 Å². The lowest BCUT2D eigenvalue weighted by atomic mass is 10.7. The van der Waals surface area contributed by atoms with Crippen LogP contribution >= 0.6 is 0 Å². The minimum absolute atomic E-state index is 0.285. The van der Waals surface area contributed by atoms with Crippen molar-refractivity contribution < 1.29 is 4.74 Å². The third kappa shape index (κ3) is 2.08. The van der Waals surface area contributed by atoms with Crippen LogP contribution in [0, 0.1) is 0 Å². The number of nitrogens with one attached hydrogen (secondary N) is 1. The van der Waals surface area contributed by atoms with Crippen LogP contribution in [-0.4, -0.2) is 38.4 Å². The Hall–Kier alpha value is -2.18. The van der Waals surface area contributed by atoms with Crippen molar-refractivity contribution in [1.29, 1.82) is 0 Å². The van der Waals surface area contributed by atoms with Crippen molar-refractivity contribution in [2.24, 2.45) is 0 Å². The standard InChI is InChI=1S/C9H12N6O/c1-3-16-9-13-7(10-2)12-8(14-9)15-6-4-5-11-15/h4-6H,3H2,1-2H3,(H,10,12,13,14). The molecule has 0 atom stereocenters. The van der Waals surface area contributed by atoms with Crippen molar-refractivity contribution in [3.8, 4) is 12.0 Å². The van der Waals surface area contributed by atoms with Gasteiger partial charge in [-0.25, -0.2) is 4.68 Å². The molecule has 2 aromatic heterocycles. The van der Waals surface area contributed by atoms with E-state index in [1.807, 2.05) is 6.92 Å². The monoisotopic (exact) mass is 220 g/mol. The minimum atomic E-state index is 0.285. The molecule has 7 heteroatoms. The Balaban J connectivity index is 2.41. The first-order valence-corrected chi connectivity index (χ1v) is 4.90. The fourth-order valence-electron chi connectivity index (χ4n) is 1.14. The van der Waals surface area contributed by atoms with Gasteiger partial charge in [0, 0.05) is 19.4 Å². The van der Waals surface area contributed by atoms with E-state index >= 15 is 0 Å². The van der Waals surface area contributed by atoms with Gasteiger partial charge in [0.25, 0.3) is 5.95 Å². The van der Waals surface area contributed by atoms with Crippen LogP contribution in [0.2, 0.25) is 0 Å². The highest BCUT2D eigenvalue weighted by Gasteiger charge is 2.07. The van der Waals surface area contributed by atoms with E-state index in [0.29, 0.717) is 18.5 Å². The Labute approximate surface area is 92.5 Å². The summed E-state index contributed by atoms with van der Waals surface area (Å²) in [6.45, 7) is 2.38. The van der Waals surface area contributed by atoms with E-state index in [0.717, 1.165) is 0 Å². The molecule has 0 saturated heterocycles. The zero-order valence-electron chi connectivity index (χ0n) is 9.08. The van der Waals surface area contributed by atoms with E-state index < -0.39 is 0 Å². The van der Waals surface area contributed by atoms with Crippen LogP contribution in [0.1, 0.15) is 6.92 Å². The fourth-order valence-corrected chi connectivity index (χ4v) is 1.14. The maximum atomic E-state index is 5.24. The quantitative estimate of drug-likeness (QED) is 0.808. The first kappa shape index (κ1) is 10.3. The van der Waals surface area contributed by atoms with E-state index in [4.69, 9.17) is 4.74 Å². The fraction of sp³-hybridized carbons (Fsp3) is 0.333. The Morgan fingerprint density at radius 2 is 2.25 bits per heavy atom. The lowest BCUT2D eigenvalue weighted by Gasteiger charge is -2.06. The molecule has 0 fully saturated rings. The summed E-state index contributed by atoms with van der Waals surface area (Å²) in [5.41, 5.74) is 0. The zero-order valence-corrected chi connectivity index (χ0v) is 9.08. The summed E-state index contributed by atoms with van der Waals surface area (Å²) in [4.78, 5) is 12.3. The molecule has 0 aliphatic carbocycles. The number of rotatable bonds is 4. The molecular weight excluding hydrogens is 208 g/mol. The predicted octanol–water partition coefficient (Wildman–Crippen LogP) is 0.498. The Morgan fingerprint density at radius 3 is 2.88 bits per heavy atom. The number of anilines is 1. The van der Waals surface area contributed by atoms with E-state index in [9.17, 15) is 0 Å². The van der Waals surface area contributed by atoms with Crippen LogP contribution in [-0.2, 0) is 0 Å². The molecule has 2 heterocycles. The first-order chi connectivity index (χ1) is 7.83. The minimum Gasteiger partial charge on any atom is -0.464 e. The lowest BCUT2D eigenvalue weighted by molar-refractivity contribution is 0.311. The largest absolute Gasteiger partial charge is 0.464 e. The summed E-state index contributed by atoms with van der Waals surface area (Å²) in [6, 6.07) is 2.08. The van der Waals surface area contributed by atoms with E-state index in [-0.39, 0.29) is 6.01 Å². The second-order valence-corrected chi connectivity index (χ2v) is 2.88. The highest BCUT2D eigenvalue weighted by atomic mass is 16.5. The van der Waals surface area contributed by atoms with Crippen LogP contribution in [0.5, 0.6) is 6.01 Å². The van der Waals surface area contributed by atoms with Crippen LogP contribution in [0.3, 0.4) is 0 Å². The van der Waals surface area contributed by atoms with Gasteiger partial charge in [-0.1, -0.05) is 0 Å². The number of hydrogen-bond donors (Lipinski definition) is 1. The van der Waals surface area contributed by atoms with Crippen molar-refractivity contribution in [2.75, 3.05) is 19.0 Å². The Bertz CT molecular complexity index is 455. The molecule has 2 aromatic rings. The summed E-state index contributed by atoms with van der Waals surface area (Å²) < 4.78 is 6.79. The van der Waals surface area contributed by atoms with Crippen molar-refractivity contribution >= 4 is 5.95 Å². The molecule has 0 aromatic carbocycles. The van der Waals surface area contributed by atoms with Crippen molar-refractivity contribution in [3.63, 3.8) is 0 Å². The van der Waals surface area contributed by atoms with Gasteiger partial charge in [-0.3, -0.25) is 0 Å². The molecule has 0 aliphatic rings. The number of nitrogens with zero attached hydrogens (tertiary/aromatic N) is 5. The van der Waals surface area contributed by atoms with Crippen LogP contribution < -0.4 is 10.1 Å². The summed E-state index contributed by atoms with van der Waals surface area (Å²) in [5, 5.41) is 6.89. The third-order valence-electron chi connectivity index (χ3n) is 1.81. The van der Waals surface area contributed by atoms with Crippen LogP contribution in [0.25, 0.3) is 5.95 Å². The summed E-state index contributed by atoms with van der Waals surface area (Å²) >= 11 is 0. The average Bonchev–Trinajstić information content (AvgIpc) is 2.82. The molecule has 0 saturated carbocycles. The van der Waals surface area contributed by atoms with Crippen LogP contribution in [0.4, 0.5) is 5.95 Å². The van der Waals surface area contributed by atoms with Gasteiger partial charge in [-0.2, -0.15) is 20.1 Å². The maximum Gasteiger partial charge on any atom is 0.323 e. The average molecular weight is 220 g/mol. The zero-order chi connectivity index (χ0) is 11.4. The summed E-state index contributed by atoms with van der Waals surface area (Å²) in [5.74, 6) is 0.872. The highest BCUT2D eigenvalue weighted by molar-refractivity contribution is 5.28. The molecule has 0 bridgehead atoms. The second-order valence-electron chi connectivity index (χ2n) is 2.88. The maximum absolute atomic E-state index is 5.24. The van der Waals surface area contributed by atoms with Crippen molar-refractivity contribution in [1.82, 2.24) is 24.7 Å². The molecule has 0 radical (unpaired) electrons. The highest BCUT2D eigenvalue weighted by Crippen LogP contribution is 2.09. The normalized spacial score (nSPS) is 10.1. The SMILES string of the molecule is CCOc1nc(NC)nc(-n2cccn2)n1. The van der Waals surface area contributed by atoms with E-state index in [2.05, 4.69) is 25.4 Å². The van der Waals surface area contributed by atoms with Gasteiger partial charge < -0.3 is 10.1 Å². The van der Waals surface area contributed by atoms with Gasteiger partial charge in [0.1, 0.15) is 0 Å². The topological polar surface area (TPSA) is 77.8 Å². The lowest BCUT2D eigenvalue weighted by Crippen LogP contribution is -2.09.